The summed E-state index contributed by atoms with van der Waals surface area (Å²) in [6.45, 7) is 5.73. The highest BCUT2D eigenvalue weighted by Crippen LogP contribution is 2.37. The number of halogens is 1. The number of hydrogen-bond donors (Lipinski definition) is 2. The van der Waals surface area contributed by atoms with Gasteiger partial charge in [-0.25, -0.2) is 9.18 Å². The molecule has 0 aromatic heterocycles. The molecular weight excluding hydrogens is 379 g/mol. The zero-order valence-electron chi connectivity index (χ0n) is 16.3. The summed E-state index contributed by atoms with van der Waals surface area (Å²) < 4.78 is 13.7. The molecule has 5 nitrogen and oxygen atoms in total. The lowest BCUT2D eigenvalue weighted by molar-refractivity contribution is -0.132. The third-order valence-corrected chi connectivity index (χ3v) is 6.20. The van der Waals surface area contributed by atoms with Gasteiger partial charge in [0, 0.05) is 19.6 Å². The molecule has 28 heavy (non-hydrogen) atoms. The summed E-state index contributed by atoms with van der Waals surface area (Å²) in [6.07, 6.45) is 2.98. The van der Waals surface area contributed by atoms with Gasteiger partial charge in [0.1, 0.15) is 12.0 Å². The molecular formula is C21H27FN2O3S. The average Bonchev–Trinajstić information content (AvgIpc) is 2.64. The van der Waals surface area contributed by atoms with Crippen LogP contribution in [-0.2, 0) is 11.3 Å². The van der Waals surface area contributed by atoms with E-state index in [1.165, 1.54) is 23.9 Å². The molecule has 0 aliphatic carbocycles. The minimum Gasteiger partial charge on any atom is -0.478 e. The van der Waals surface area contributed by atoms with Crippen molar-refractivity contribution in [2.24, 2.45) is 0 Å². The molecule has 152 valence electrons. The predicted octanol–water partition coefficient (Wildman–Crippen LogP) is 3.42. The molecule has 1 saturated heterocycles. The lowest BCUT2D eigenvalue weighted by atomic mass is 10.0. The fourth-order valence-electron chi connectivity index (χ4n) is 3.83. The van der Waals surface area contributed by atoms with Gasteiger partial charge in [-0.05, 0) is 54.9 Å². The van der Waals surface area contributed by atoms with Gasteiger partial charge in [-0.3, -0.25) is 4.90 Å². The molecule has 1 fully saturated rings. The second-order valence-corrected chi connectivity index (χ2v) is 8.46. The van der Waals surface area contributed by atoms with Crippen LogP contribution >= 0.6 is 11.8 Å². The number of hydrogen-bond acceptors (Lipinski definition) is 5. The van der Waals surface area contributed by atoms with Crippen molar-refractivity contribution in [2.75, 3.05) is 18.8 Å². The molecule has 2 aliphatic heterocycles. The predicted molar refractivity (Wildman–Crippen MR) is 109 cm³/mol. The smallest absolute Gasteiger partial charge is 0.338 e. The monoisotopic (exact) mass is 406 g/mol. The fraction of sp³-hybridized carbons (Fsp3) is 0.476. The van der Waals surface area contributed by atoms with Gasteiger partial charge in [0.15, 0.2) is 0 Å². The summed E-state index contributed by atoms with van der Waals surface area (Å²) in [5, 5.41) is 20.4. The number of aliphatic hydroxyl groups excluding tert-OH is 1. The number of carboxylic acid groups (broad SMARTS) is 1. The summed E-state index contributed by atoms with van der Waals surface area (Å²) in [4.78, 5) is 16.3. The molecule has 0 saturated carbocycles. The van der Waals surface area contributed by atoms with Crippen LogP contribution in [0.5, 0.6) is 0 Å². The van der Waals surface area contributed by atoms with E-state index in [4.69, 9.17) is 0 Å². The number of aliphatic carboxylic acids is 1. The average molecular weight is 407 g/mol. The highest BCUT2D eigenvalue weighted by molar-refractivity contribution is 8.03. The Morgan fingerprint density at radius 2 is 2.04 bits per heavy atom. The molecule has 2 aliphatic rings. The highest BCUT2D eigenvalue weighted by atomic mass is 32.2. The van der Waals surface area contributed by atoms with E-state index in [2.05, 4.69) is 9.80 Å². The van der Waals surface area contributed by atoms with Crippen LogP contribution in [0.1, 0.15) is 32.3 Å². The Morgan fingerprint density at radius 1 is 1.32 bits per heavy atom. The van der Waals surface area contributed by atoms with Gasteiger partial charge in [-0.2, -0.15) is 0 Å². The summed E-state index contributed by atoms with van der Waals surface area (Å²) in [7, 11) is 0. The SMILES string of the molecule is CCSC1=C(C(=O)O)C(C)=CC(N2CCC(O)CC2)N1Cc1cccc(F)c1. The number of thioether (sulfide) groups is 1. The topological polar surface area (TPSA) is 64.0 Å². The third-order valence-electron chi connectivity index (χ3n) is 5.20. The number of piperidine rings is 1. The van der Waals surface area contributed by atoms with E-state index < -0.39 is 5.97 Å². The number of benzene rings is 1. The molecule has 0 bridgehead atoms. The first-order valence-electron chi connectivity index (χ1n) is 9.63. The first-order valence-corrected chi connectivity index (χ1v) is 10.6. The molecule has 7 heteroatoms. The second kappa shape index (κ2) is 9.11. The second-order valence-electron chi connectivity index (χ2n) is 7.21. The van der Waals surface area contributed by atoms with Crippen LogP contribution in [0.15, 0.2) is 46.5 Å². The first kappa shape index (κ1) is 20.9. The van der Waals surface area contributed by atoms with Crippen LogP contribution in [0.3, 0.4) is 0 Å². The number of carbonyl (C=O) groups is 1. The zero-order valence-corrected chi connectivity index (χ0v) is 17.1. The minimum absolute atomic E-state index is 0.118. The summed E-state index contributed by atoms with van der Waals surface area (Å²) in [6, 6.07) is 6.45. The lowest BCUT2D eigenvalue weighted by Gasteiger charge is -2.45. The van der Waals surface area contributed by atoms with Crippen molar-refractivity contribution in [3.8, 4) is 0 Å². The maximum atomic E-state index is 13.7. The van der Waals surface area contributed by atoms with Crippen molar-refractivity contribution in [3.63, 3.8) is 0 Å². The van der Waals surface area contributed by atoms with Gasteiger partial charge >= 0.3 is 5.97 Å². The van der Waals surface area contributed by atoms with Gasteiger partial charge in [-0.15, -0.1) is 11.8 Å². The third kappa shape index (κ3) is 4.59. The summed E-state index contributed by atoms with van der Waals surface area (Å²) in [5.41, 5.74) is 1.86. The van der Waals surface area contributed by atoms with Gasteiger partial charge in [0.2, 0.25) is 0 Å². The molecule has 0 spiro atoms. The van der Waals surface area contributed by atoms with E-state index in [-0.39, 0.29) is 18.1 Å². The Bertz CT molecular complexity index is 788. The fourth-order valence-corrected chi connectivity index (χ4v) is 4.84. The quantitative estimate of drug-likeness (QED) is 0.755. The van der Waals surface area contributed by atoms with Gasteiger partial charge in [0.25, 0.3) is 0 Å². The summed E-state index contributed by atoms with van der Waals surface area (Å²) in [5.74, 6) is -0.503. The maximum Gasteiger partial charge on any atom is 0.338 e. The molecule has 1 atom stereocenters. The van der Waals surface area contributed by atoms with E-state index in [1.54, 1.807) is 6.07 Å². The van der Waals surface area contributed by atoms with E-state index in [1.807, 2.05) is 26.0 Å². The molecule has 1 unspecified atom stereocenters. The number of aliphatic hydroxyl groups is 1. The van der Waals surface area contributed by atoms with Crippen molar-refractivity contribution in [1.29, 1.82) is 0 Å². The Morgan fingerprint density at radius 3 is 2.64 bits per heavy atom. The number of carboxylic acids is 1. The number of likely N-dealkylation sites (tertiary alicyclic amines) is 1. The van der Waals surface area contributed by atoms with Crippen molar-refractivity contribution in [1.82, 2.24) is 9.80 Å². The number of rotatable bonds is 6. The van der Waals surface area contributed by atoms with Gasteiger partial charge in [0.05, 0.1) is 16.7 Å². The molecule has 3 rings (SSSR count). The highest BCUT2D eigenvalue weighted by Gasteiger charge is 2.35. The molecule has 1 aromatic rings. The van der Waals surface area contributed by atoms with Crippen LogP contribution in [0.4, 0.5) is 4.39 Å². The van der Waals surface area contributed by atoms with E-state index in [0.717, 1.165) is 35.0 Å². The van der Waals surface area contributed by atoms with Crippen molar-refractivity contribution >= 4 is 17.7 Å². The van der Waals surface area contributed by atoms with Crippen molar-refractivity contribution in [2.45, 2.75) is 45.5 Å². The normalized spacial score (nSPS) is 21.8. The number of nitrogens with zero attached hydrogens (tertiary/aromatic N) is 2. The lowest BCUT2D eigenvalue weighted by Crippen LogP contribution is -2.51. The largest absolute Gasteiger partial charge is 0.478 e. The Kier molecular flexibility index (Phi) is 6.80. The van der Waals surface area contributed by atoms with Crippen LogP contribution in [0, 0.1) is 5.82 Å². The molecule has 2 heterocycles. The Balaban J connectivity index is 2.00. The van der Waals surface area contributed by atoms with E-state index in [0.29, 0.717) is 25.0 Å². The van der Waals surface area contributed by atoms with Crippen LogP contribution in [-0.4, -0.2) is 57.1 Å². The molecule has 1 aromatic carbocycles. The van der Waals surface area contributed by atoms with Crippen LogP contribution in [0.25, 0.3) is 0 Å². The standard InChI is InChI=1S/C21H27FN2O3S/c1-3-28-20-19(21(26)27)14(2)11-18(23-9-7-17(25)8-10-23)24(20)13-15-5-4-6-16(22)12-15/h4-6,11-12,17-18,25H,3,7-10,13H2,1-2H3,(H,26,27). The first-order chi connectivity index (χ1) is 13.4. The molecule has 0 amide bonds. The van der Waals surface area contributed by atoms with Crippen LogP contribution in [0.2, 0.25) is 0 Å². The Hall–Kier alpha value is -1.83. The van der Waals surface area contributed by atoms with Crippen LogP contribution < -0.4 is 0 Å². The van der Waals surface area contributed by atoms with Crippen molar-refractivity contribution in [3.05, 3.63) is 57.9 Å². The Labute approximate surface area is 169 Å². The summed E-state index contributed by atoms with van der Waals surface area (Å²) >= 11 is 1.51. The molecule has 2 N–H and O–H groups in total. The maximum absolute atomic E-state index is 13.7. The molecule has 0 radical (unpaired) electrons. The van der Waals surface area contributed by atoms with Crippen molar-refractivity contribution < 1.29 is 19.4 Å². The van der Waals surface area contributed by atoms with E-state index in [9.17, 15) is 19.4 Å². The minimum atomic E-state index is -0.943. The van der Waals surface area contributed by atoms with E-state index >= 15 is 0 Å². The zero-order chi connectivity index (χ0) is 20.3. The van der Waals surface area contributed by atoms with Gasteiger partial charge in [-0.1, -0.05) is 19.1 Å². The van der Waals surface area contributed by atoms with Gasteiger partial charge < -0.3 is 15.1 Å².